The molecule has 1 heterocycles. The molecule has 18 heavy (non-hydrogen) atoms. The van der Waals surface area contributed by atoms with Crippen LogP contribution in [0.5, 0.6) is 0 Å². The van der Waals surface area contributed by atoms with Crippen molar-refractivity contribution in [1.82, 2.24) is 8.61 Å². The summed E-state index contributed by atoms with van der Waals surface area (Å²) in [5.74, 6) is 0.470. The zero-order valence-electron chi connectivity index (χ0n) is 11.1. The maximum atomic E-state index is 12.3. The molecule has 5 nitrogen and oxygen atoms in total. The molecule has 0 bridgehead atoms. The molecule has 0 radical (unpaired) electrons. The van der Waals surface area contributed by atoms with Crippen LogP contribution in [0, 0.1) is 0 Å². The average Bonchev–Trinajstić information content (AvgIpc) is 2.85. The first-order valence-electron chi connectivity index (χ1n) is 6.41. The number of rotatable bonds is 8. The monoisotopic (exact) mass is 298 g/mol. The molecule has 0 amide bonds. The van der Waals surface area contributed by atoms with E-state index in [1.54, 1.807) is 7.05 Å². The molecule has 1 atom stereocenters. The Morgan fingerprint density at radius 2 is 2.17 bits per heavy atom. The number of likely N-dealkylation sites (N-methyl/N-ethyl adjacent to an activating group) is 1. The Morgan fingerprint density at radius 3 is 2.67 bits per heavy atom. The van der Waals surface area contributed by atoms with Gasteiger partial charge in [0, 0.05) is 39.2 Å². The van der Waals surface area contributed by atoms with Crippen LogP contribution in [0.2, 0.25) is 0 Å². The van der Waals surface area contributed by atoms with E-state index < -0.39 is 10.2 Å². The fourth-order valence-corrected chi connectivity index (χ4v) is 3.55. The minimum atomic E-state index is -3.38. The Bertz CT molecular complexity index is 331. The fourth-order valence-electron chi connectivity index (χ4n) is 2.00. The van der Waals surface area contributed by atoms with Crippen LogP contribution in [0.25, 0.3) is 0 Å². The standard InChI is InChI=1S/C11H23ClN2O3S/c1-3-14(10-11-6-4-9-17-11)18(15,16)13(2)8-5-7-12/h11H,3-10H2,1-2H3. The molecule has 0 aromatic heterocycles. The van der Waals surface area contributed by atoms with Crippen molar-refractivity contribution in [2.45, 2.75) is 32.3 Å². The van der Waals surface area contributed by atoms with E-state index in [2.05, 4.69) is 0 Å². The van der Waals surface area contributed by atoms with E-state index in [1.807, 2.05) is 6.92 Å². The second-order valence-corrected chi connectivity index (χ2v) is 6.87. The Kier molecular flexibility index (Phi) is 6.87. The van der Waals surface area contributed by atoms with Gasteiger partial charge in [0.2, 0.25) is 0 Å². The second kappa shape index (κ2) is 7.65. The summed E-state index contributed by atoms with van der Waals surface area (Å²) >= 11 is 5.59. The summed E-state index contributed by atoms with van der Waals surface area (Å²) in [6, 6.07) is 0. The second-order valence-electron chi connectivity index (χ2n) is 4.46. The van der Waals surface area contributed by atoms with E-state index in [0.717, 1.165) is 19.4 Å². The average molecular weight is 299 g/mol. The summed E-state index contributed by atoms with van der Waals surface area (Å²) in [6.45, 7) is 3.96. The first kappa shape index (κ1) is 16.2. The molecule has 108 valence electrons. The predicted octanol–water partition coefficient (Wildman–Crippen LogP) is 1.29. The number of hydrogen-bond donors (Lipinski definition) is 0. The summed E-state index contributed by atoms with van der Waals surface area (Å²) in [4.78, 5) is 0. The Morgan fingerprint density at radius 1 is 1.44 bits per heavy atom. The van der Waals surface area contributed by atoms with Crippen LogP contribution in [-0.2, 0) is 14.9 Å². The molecule has 0 spiro atoms. The molecule has 1 rings (SSSR count). The fraction of sp³-hybridized carbons (Fsp3) is 1.00. The van der Waals surface area contributed by atoms with Gasteiger partial charge in [-0.1, -0.05) is 6.92 Å². The van der Waals surface area contributed by atoms with Crippen LogP contribution in [-0.4, -0.2) is 62.3 Å². The van der Waals surface area contributed by atoms with Crippen molar-refractivity contribution in [3.8, 4) is 0 Å². The smallest absolute Gasteiger partial charge is 0.281 e. The van der Waals surface area contributed by atoms with Crippen LogP contribution in [0.4, 0.5) is 0 Å². The molecule has 0 saturated carbocycles. The minimum Gasteiger partial charge on any atom is -0.377 e. The molecule has 0 N–H and O–H groups in total. The lowest BCUT2D eigenvalue weighted by Crippen LogP contribution is -2.45. The van der Waals surface area contributed by atoms with Crippen LogP contribution in [0.15, 0.2) is 0 Å². The van der Waals surface area contributed by atoms with Gasteiger partial charge in [0.15, 0.2) is 0 Å². The van der Waals surface area contributed by atoms with Crippen molar-refractivity contribution in [1.29, 1.82) is 0 Å². The van der Waals surface area contributed by atoms with Gasteiger partial charge >= 0.3 is 0 Å². The molecule has 1 aliphatic rings. The first-order valence-corrected chi connectivity index (χ1v) is 8.34. The molecular weight excluding hydrogens is 276 g/mol. The zero-order chi connectivity index (χ0) is 13.6. The van der Waals surface area contributed by atoms with Crippen molar-refractivity contribution < 1.29 is 13.2 Å². The summed E-state index contributed by atoms with van der Waals surface area (Å²) in [7, 11) is -1.79. The third-order valence-corrected chi connectivity index (χ3v) is 5.41. The lowest BCUT2D eigenvalue weighted by molar-refractivity contribution is 0.0934. The van der Waals surface area contributed by atoms with Crippen molar-refractivity contribution in [2.24, 2.45) is 0 Å². The Labute approximate surface area is 115 Å². The van der Waals surface area contributed by atoms with E-state index in [4.69, 9.17) is 16.3 Å². The topological polar surface area (TPSA) is 49.9 Å². The van der Waals surface area contributed by atoms with Gasteiger partial charge in [-0.3, -0.25) is 0 Å². The van der Waals surface area contributed by atoms with E-state index in [-0.39, 0.29) is 6.10 Å². The SMILES string of the molecule is CCN(CC1CCCO1)S(=O)(=O)N(C)CCCCl. The van der Waals surface area contributed by atoms with Gasteiger partial charge in [-0.15, -0.1) is 11.6 Å². The molecular formula is C11H23ClN2O3S. The van der Waals surface area contributed by atoms with Crippen molar-refractivity contribution in [3.63, 3.8) is 0 Å². The van der Waals surface area contributed by atoms with E-state index in [9.17, 15) is 8.42 Å². The molecule has 0 aromatic carbocycles. The Balaban J connectivity index is 2.60. The lowest BCUT2D eigenvalue weighted by atomic mass is 10.2. The van der Waals surface area contributed by atoms with Gasteiger partial charge in [0.25, 0.3) is 10.2 Å². The molecule has 1 saturated heterocycles. The highest BCUT2D eigenvalue weighted by molar-refractivity contribution is 7.86. The minimum absolute atomic E-state index is 0.0427. The zero-order valence-corrected chi connectivity index (χ0v) is 12.7. The maximum Gasteiger partial charge on any atom is 0.281 e. The third-order valence-electron chi connectivity index (χ3n) is 3.11. The predicted molar refractivity (Wildman–Crippen MR) is 73.1 cm³/mol. The number of ether oxygens (including phenoxy) is 1. The molecule has 1 unspecified atom stereocenters. The van der Waals surface area contributed by atoms with Crippen molar-refractivity contribution in [3.05, 3.63) is 0 Å². The van der Waals surface area contributed by atoms with Crippen molar-refractivity contribution in [2.75, 3.05) is 39.2 Å². The highest BCUT2D eigenvalue weighted by atomic mass is 35.5. The largest absolute Gasteiger partial charge is 0.377 e. The van der Waals surface area contributed by atoms with Gasteiger partial charge < -0.3 is 4.74 Å². The quantitative estimate of drug-likeness (QED) is 0.635. The van der Waals surface area contributed by atoms with E-state index in [1.165, 1.54) is 8.61 Å². The first-order chi connectivity index (χ1) is 8.52. The Hall–Kier alpha value is 0.120. The van der Waals surface area contributed by atoms with Crippen LogP contribution in [0.1, 0.15) is 26.2 Å². The molecule has 0 aliphatic carbocycles. The van der Waals surface area contributed by atoms with Crippen molar-refractivity contribution >= 4 is 21.8 Å². The van der Waals surface area contributed by atoms with Crippen LogP contribution >= 0.6 is 11.6 Å². The third kappa shape index (κ3) is 4.35. The summed E-state index contributed by atoms with van der Waals surface area (Å²) in [6.07, 6.45) is 2.66. The van der Waals surface area contributed by atoms with Gasteiger partial charge in [-0.2, -0.15) is 17.0 Å². The van der Waals surface area contributed by atoms with E-state index in [0.29, 0.717) is 31.9 Å². The molecule has 1 fully saturated rings. The highest BCUT2D eigenvalue weighted by Crippen LogP contribution is 2.16. The normalized spacial score (nSPS) is 21.1. The molecule has 0 aromatic rings. The van der Waals surface area contributed by atoms with Crippen LogP contribution in [0.3, 0.4) is 0 Å². The maximum absolute atomic E-state index is 12.3. The summed E-state index contributed by atoms with van der Waals surface area (Å²) in [5, 5.41) is 0. The number of hydrogen-bond acceptors (Lipinski definition) is 3. The summed E-state index contributed by atoms with van der Waals surface area (Å²) in [5.41, 5.74) is 0. The van der Waals surface area contributed by atoms with E-state index >= 15 is 0 Å². The van der Waals surface area contributed by atoms with Crippen LogP contribution < -0.4 is 0 Å². The van der Waals surface area contributed by atoms with Gasteiger partial charge in [0.1, 0.15) is 0 Å². The summed E-state index contributed by atoms with van der Waals surface area (Å²) < 4.78 is 33.0. The lowest BCUT2D eigenvalue weighted by Gasteiger charge is -2.28. The number of halogens is 1. The highest BCUT2D eigenvalue weighted by Gasteiger charge is 2.29. The number of nitrogens with zero attached hydrogens (tertiary/aromatic N) is 2. The molecule has 1 aliphatic heterocycles. The van der Waals surface area contributed by atoms with Gasteiger partial charge in [-0.25, -0.2) is 0 Å². The van der Waals surface area contributed by atoms with Gasteiger partial charge in [-0.05, 0) is 19.3 Å². The van der Waals surface area contributed by atoms with Gasteiger partial charge in [0.05, 0.1) is 6.10 Å². The number of alkyl halides is 1. The molecule has 7 heteroatoms.